The monoisotopic (exact) mass is 1090 g/mol. The fraction of sp³-hybridized carbons (Fsp3) is 0.0769. The van der Waals surface area contributed by atoms with Crippen LogP contribution in [0.2, 0.25) is 0 Å². The summed E-state index contributed by atoms with van der Waals surface area (Å²) >= 11 is 0. The second-order valence-electron chi connectivity index (χ2n) is 13.7. The van der Waals surface area contributed by atoms with Gasteiger partial charge in [-0.2, -0.15) is 0 Å². The summed E-state index contributed by atoms with van der Waals surface area (Å²) in [5.74, 6) is 0. The Morgan fingerprint density at radius 3 is 0.419 bits per heavy atom. The third-order valence-corrected chi connectivity index (χ3v) is 20.4. The standard InChI is InChI=1S/2C26H24P2.ClHO4.Ir/c2*1-5-13-23(14-6-1)27(24-15-7-2-8-16-24)21-22-28(25-17-9-3-10-18-25)26-19-11-4-12-20-26;2-1(3,4)5;/h2*1-20H,21-22H2;(H,2,3,4,5);/p-1. The molecule has 0 spiro atoms. The maximum Gasteiger partial charge on any atom is 0 e. The van der Waals surface area contributed by atoms with Crippen LogP contribution in [0.5, 0.6) is 0 Å². The zero-order chi connectivity index (χ0) is 42.5. The van der Waals surface area contributed by atoms with E-state index < -0.39 is 10.2 Å². The Balaban J connectivity index is 0.000000208. The topological polar surface area (TPSA) is 92.2 Å². The van der Waals surface area contributed by atoms with Gasteiger partial charge in [-0.05, 0) is 98.8 Å². The molecule has 0 N–H and O–H groups in total. The molecular formula is C52H48ClIrO4P4-. The van der Waals surface area contributed by atoms with E-state index >= 15 is 0 Å². The van der Waals surface area contributed by atoms with E-state index in [1.54, 1.807) is 0 Å². The average Bonchev–Trinajstić information content (AvgIpc) is 3.31. The van der Waals surface area contributed by atoms with Gasteiger partial charge in [-0.1, -0.05) is 243 Å². The maximum absolute atomic E-state index is 8.49. The van der Waals surface area contributed by atoms with Crippen molar-refractivity contribution >= 4 is 74.1 Å². The Hall–Kier alpha value is -3.74. The van der Waals surface area contributed by atoms with E-state index in [0.717, 1.165) is 0 Å². The third kappa shape index (κ3) is 16.4. The maximum atomic E-state index is 8.49. The fourth-order valence-electron chi connectivity index (χ4n) is 6.89. The minimum Gasteiger partial charge on any atom is -0.222 e. The summed E-state index contributed by atoms with van der Waals surface area (Å²) in [4.78, 5) is 0. The molecule has 0 heterocycles. The molecule has 4 nitrogen and oxygen atoms in total. The molecule has 0 unspecified atom stereocenters. The molecule has 0 aliphatic rings. The van der Waals surface area contributed by atoms with Crippen molar-refractivity contribution in [3.05, 3.63) is 243 Å². The third-order valence-electron chi connectivity index (χ3n) is 9.64. The minimum absolute atomic E-state index is 0. The quantitative estimate of drug-likeness (QED) is 0.130. The van der Waals surface area contributed by atoms with Crippen molar-refractivity contribution in [2.75, 3.05) is 24.6 Å². The summed E-state index contributed by atoms with van der Waals surface area (Å²) in [7, 11) is -6.34. The molecule has 0 bridgehead atoms. The summed E-state index contributed by atoms with van der Waals surface area (Å²) in [6.07, 6.45) is 4.83. The van der Waals surface area contributed by atoms with E-state index in [2.05, 4.69) is 243 Å². The smallest absolute Gasteiger partial charge is 0 e. The van der Waals surface area contributed by atoms with Crippen LogP contribution in [-0.2, 0) is 20.1 Å². The number of hydrogen-bond donors (Lipinski definition) is 0. The first kappa shape index (κ1) is 49.3. The van der Waals surface area contributed by atoms with Crippen LogP contribution in [0.3, 0.4) is 0 Å². The summed E-state index contributed by atoms with van der Waals surface area (Å²) < 4.78 is 34.0. The van der Waals surface area contributed by atoms with E-state index in [-0.39, 0.29) is 51.8 Å². The second-order valence-corrected chi connectivity index (χ2v) is 23.8. The largest absolute Gasteiger partial charge is 0.222 e. The molecule has 10 heteroatoms. The molecule has 0 saturated heterocycles. The molecule has 0 fully saturated rings. The molecule has 0 atom stereocenters. The number of hydrogen-bond acceptors (Lipinski definition) is 4. The molecule has 0 saturated carbocycles. The summed E-state index contributed by atoms with van der Waals surface area (Å²) in [5, 5.41) is 11.8. The molecule has 8 rings (SSSR count). The van der Waals surface area contributed by atoms with Crippen LogP contribution in [0.1, 0.15) is 0 Å². The number of rotatable bonds is 14. The zero-order valence-electron chi connectivity index (χ0n) is 34.1. The summed E-state index contributed by atoms with van der Waals surface area (Å²) in [5.41, 5.74) is 0. The van der Waals surface area contributed by atoms with E-state index in [9.17, 15) is 0 Å². The second kappa shape index (κ2) is 26.8. The Labute approximate surface area is 387 Å². The normalized spacial score (nSPS) is 11.0. The molecule has 0 amide bonds. The van der Waals surface area contributed by atoms with Gasteiger partial charge in [-0.3, -0.25) is 0 Å². The van der Waals surface area contributed by atoms with Crippen LogP contribution in [0.15, 0.2) is 243 Å². The number of benzene rings is 8. The minimum atomic E-state index is -4.94. The van der Waals surface area contributed by atoms with Crippen LogP contribution in [-0.4, -0.2) is 24.6 Å². The van der Waals surface area contributed by atoms with Crippen molar-refractivity contribution in [2.45, 2.75) is 0 Å². The van der Waals surface area contributed by atoms with Gasteiger partial charge in [0.2, 0.25) is 0 Å². The van der Waals surface area contributed by atoms with Gasteiger partial charge < -0.3 is 0 Å². The molecule has 1 radical (unpaired) electrons. The van der Waals surface area contributed by atoms with Crippen molar-refractivity contribution in [3.8, 4) is 0 Å². The Kier molecular flexibility index (Phi) is 21.3. The molecule has 62 heavy (non-hydrogen) atoms. The number of halogens is 1. The molecule has 317 valence electrons. The van der Waals surface area contributed by atoms with Gasteiger partial charge >= 0.3 is 0 Å². The van der Waals surface area contributed by atoms with Gasteiger partial charge in [0, 0.05) is 20.1 Å². The van der Waals surface area contributed by atoms with Crippen molar-refractivity contribution in [3.63, 3.8) is 0 Å². The first-order valence-corrected chi connectivity index (χ1v) is 27.3. The predicted molar refractivity (Wildman–Crippen MR) is 256 cm³/mol. The van der Waals surface area contributed by atoms with Crippen molar-refractivity contribution < 1.29 is 49.0 Å². The molecule has 0 aliphatic carbocycles. The first-order valence-electron chi connectivity index (χ1n) is 20.0. The van der Waals surface area contributed by atoms with E-state index in [0.29, 0.717) is 0 Å². The van der Waals surface area contributed by atoms with Crippen molar-refractivity contribution in [1.82, 2.24) is 0 Å². The van der Waals surface area contributed by atoms with Gasteiger partial charge in [0.15, 0.2) is 0 Å². The predicted octanol–water partition coefficient (Wildman–Crippen LogP) is 5.75. The fourth-order valence-corrected chi connectivity index (χ4v) is 17.6. The molecule has 8 aromatic rings. The van der Waals surface area contributed by atoms with E-state index in [1.807, 2.05) is 0 Å². The van der Waals surface area contributed by atoms with Crippen LogP contribution in [0, 0.1) is 10.2 Å². The van der Waals surface area contributed by atoms with Crippen molar-refractivity contribution in [2.24, 2.45) is 0 Å². The van der Waals surface area contributed by atoms with Gasteiger partial charge in [-0.25, -0.2) is 18.6 Å². The molecular weight excluding hydrogens is 1040 g/mol. The first-order chi connectivity index (χ1) is 29.8. The summed E-state index contributed by atoms with van der Waals surface area (Å²) in [6.45, 7) is 0. The Bertz CT molecular complexity index is 1880. The van der Waals surface area contributed by atoms with Crippen LogP contribution in [0.4, 0.5) is 0 Å². The van der Waals surface area contributed by atoms with Gasteiger partial charge in [0.25, 0.3) is 0 Å². The molecule has 8 aromatic carbocycles. The Morgan fingerprint density at radius 1 is 0.226 bits per heavy atom. The Morgan fingerprint density at radius 2 is 0.323 bits per heavy atom. The average molecular weight is 1090 g/mol. The molecule has 0 aromatic heterocycles. The van der Waals surface area contributed by atoms with E-state index in [1.165, 1.54) is 67.1 Å². The van der Waals surface area contributed by atoms with Crippen LogP contribution < -0.4 is 61.1 Å². The molecule has 0 aliphatic heterocycles. The van der Waals surface area contributed by atoms with Gasteiger partial charge in [0.1, 0.15) is 0 Å². The zero-order valence-corrected chi connectivity index (χ0v) is 40.8. The van der Waals surface area contributed by atoms with Crippen LogP contribution >= 0.6 is 31.7 Å². The SMILES string of the molecule is [Ir].[O-][Cl+3]([O-])([O-])[O-].c1ccc(P(CCP(c2ccccc2)c2ccccc2)c2ccccc2)cc1.c1ccc(P(CCP(c2ccccc2)c2ccccc2)c2ccccc2)cc1. The van der Waals surface area contributed by atoms with E-state index in [4.69, 9.17) is 18.6 Å². The van der Waals surface area contributed by atoms with Crippen molar-refractivity contribution in [1.29, 1.82) is 0 Å². The van der Waals surface area contributed by atoms with Gasteiger partial charge in [-0.15, -0.1) is 10.2 Å². The van der Waals surface area contributed by atoms with Crippen LogP contribution in [0.25, 0.3) is 0 Å². The summed E-state index contributed by atoms with van der Waals surface area (Å²) in [6, 6.07) is 88.4. The van der Waals surface area contributed by atoms with Gasteiger partial charge in [0.05, 0.1) is 0 Å².